The number of halogens is 1. The Morgan fingerprint density at radius 3 is 2.57 bits per heavy atom. The highest BCUT2D eigenvalue weighted by atomic mass is 32.1. The SMILES string of the molecule is Fc1ccc(-c2cccc(-c3csc(C4=CCC=C4)n3)c2)cc1. The number of nitrogens with zero attached hydrogens (tertiary/aromatic N) is 1. The summed E-state index contributed by atoms with van der Waals surface area (Å²) >= 11 is 1.67. The average molecular weight is 319 g/mol. The van der Waals surface area contributed by atoms with E-state index in [-0.39, 0.29) is 5.82 Å². The number of aromatic nitrogens is 1. The van der Waals surface area contributed by atoms with Gasteiger partial charge >= 0.3 is 0 Å². The van der Waals surface area contributed by atoms with Gasteiger partial charge in [-0.1, -0.05) is 48.6 Å². The van der Waals surface area contributed by atoms with Crippen LogP contribution in [0.5, 0.6) is 0 Å². The van der Waals surface area contributed by atoms with E-state index in [0.717, 1.165) is 33.8 Å². The molecule has 0 aliphatic heterocycles. The molecule has 0 bridgehead atoms. The van der Waals surface area contributed by atoms with E-state index in [0.29, 0.717) is 0 Å². The van der Waals surface area contributed by atoms with Gasteiger partial charge in [0.2, 0.25) is 0 Å². The number of allylic oxidation sites excluding steroid dienone is 4. The topological polar surface area (TPSA) is 12.9 Å². The van der Waals surface area contributed by atoms with Gasteiger partial charge in [0, 0.05) is 16.5 Å². The van der Waals surface area contributed by atoms with Crippen molar-refractivity contribution in [1.29, 1.82) is 0 Å². The second kappa shape index (κ2) is 5.94. The predicted octanol–water partition coefficient (Wildman–Crippen LogP) is 5.96. The maximum atomic E-state index is 13.1. The van der Waals surface area contributed by atoms with Crippen molar-refractivity contribution in [3.63, 3.8) is 0 Å². The molecule has 1 aliphatic rings. The highest BCUT2D eigenvalue weighted by Crippen LogP contribution is 2.31. The van der Waals surface area contributed by atoms with Crippen LogP contribution in [0.4, 0.5) is 4.39 Å². The van der Waals surface area contributed by atoms with Crippen LogP contribution >= 0.6 is 11.3 Å². The van der Waals surface area contributed by atoms with E-state index in [2.05, 4.69) is 35.7 Å². The summed E-state index contributed by atoms with van der Waals surface area (Å²) in [5, 5.41) is 3.15. The summed E-state index contributed by atoms with van der Waals surface area (Å²) in [4.78, 5) is 4.75. The fourth-order valence-electron chi connectivity index (χ4n) is 2.66. The number of rotatable bonds is 3. The normalized spacial score (nSPS) is 13.3. The van der Waals surface area contributed by atoms with Crippen LogP contribution in [0.3, 0.4) is 0 Å². The Morgan fingerprint density at radius 2 is 1.78 bits per heavy atom. The second-order valence-electron chi connectivity index (χ2n) is 5.42. The van der Waals surface area contributed by atoms with E-state index in [4.69, 9.17) is 4.98 Å². The first-order valence-electron chi connectivity index (χ1n) is 7.48. The maximum Gasteiger partial charge on any atom is 0.123 e. The molecule has 0 N–H and O–H groups in total. The molecule has 112 valence electrons. The van der Waals surface area contributed by atoms with E-state index < -0.39 is 0 Å². The Morgan fingerprint density at radius 1 is 0.957 bits per heavy atom. The van der Waals surface area contributed by atoms with Crippen LogP contribution in [0, 0.1) is 5.82 Å². The molecule has 0 spiro atoms. The molecule has 3 aromatic rings. The zero-order valence-electron chi connectivity index (χ0n) is 12.4. The first kappa shape index (κ1) is 14.1. The van der Waals surface area contributed by atoms with E-state index in [1.807, 2.05) is 12.1 Å². The van der Waals surface area contributed by atoms with Crippen LogP contribution in [0.15, 0.2) is 72.1 Å². The van der Waals surface area contributed by atoms with Crippen LogP contribution in [0.1, 0.15) is 11.4 Å². The predicted molar refractivity (Wildman–Crippen MR) is 94.7 cm³/mol. The van der Waals surface area contributed by atoms with Crippen molar-refractivity contribution in [2.45, 2.75) is 6.42 Å². The van der Waals surface area contributed by atoms with Crippen LogP contribution in [-0.2, 0) is 0 Å². The number of benzene rings is 2. The highest BCUT2D eigenvalue weighted by molar-refractivity contribution is 7.11. The largest absolute Gasteiger partial charge is 0.236 e. The molecule has 23 heavy (non-hydrogen) atoms. The van der Waals surface area contributed by atoms with Gasteiger partial charge in [-0.15, -0.1) is 11.3 Å². The van der Waals surface area contributed by atoms with Gasteiger partial charge < -0.3 is 0 Å². The van der Waals surface area contributed by atoms with Crippen molar-refractivity contribution in [2.75, 3.05) is 0 Å². The van der Waals surface area contributed by atoms with Gasteiger partial charge in [0.1, 0.15) is 10.8 Å². The van der Waals surface area contributed by atoms with E-state index in [1.165, 1.54) is 17.7 Å². The minimum atomic E-state index is -0.216. The van der Waals surface area contributed by atoms with E-state index in [9.17, 15) is 4.39 Å². The third-order valence-corrected chi connectivity index (χ3v) is 4.75. The molecule has 2 aromatic carbocycles. The molecule has 0 atom stereocenters. The van der Waals surface area contributed by atoms with Crippen molar-refractivity contribution >= 4 is 16.9 Å². The van der Waals surface area contributed by atoms with Gasteiger partial charge in [-0.05, 0) is 35.7 Å². The Hall–Kier alpha value is -2.52. The molecule has 0 saturated carbocycles. The zero-order valence-corrected chi connectivity index (χ0v) is 13.2. The van der Waals surface area contributed by atoms with Gasteiger partial charge in [-0.25, -0.2) is 9.37 Å². The average Bonchev–Trinajstić information content (AvgIpc) is 3.27. The summed E-state index contributed by atoms with van der Waals surface area (Å²) in [5.41, 5.74) is 5.34. The summed E-state index contributed by atoms with van der Waals surface area (Å²) in [6.07, 6.45) is 7.45. The summed E-state index contributed by atoms with van der Waals surface area (Å²) in [6, 6.07) is 14.8. The minimum absolute atomic E-state index is 0.216. The summed E-state index contributed by atoms with van der Waals surface area (Å²) in [6.45, 7) is 0. The van der Waals surface area contributed by atoms with E-state index >= 15 is 0 Å². The van der Waals surface area contributed by atoms with Crippen LogP contribution < -0.4 is 0 Å². The summed E-state index contributed by atoms with van der Waals surface area (Å²) < 4.78 is 13.1. The number of hydrogen-bond acceptors (Lipinski definition) is 2. The van der Waals surface area contributed by atoms with Crippen molar-refractivity contribution < 1.29 is 4.39 Å². The van der Waals surface area contributed by atoms with Gasteiger partial charge in [0.05, 0.1) is 5.69 Å². The van der Waals surface area contributed by atoms with Crippen molar-refractivity contribution in [3.8, 4) is 22.4 Å². The van der Waals surface area contributed by atoms with Crippen molar-refractivity contribution in [3.05, 3.63) is 83.0 Å². The molecule has 1 aliphatic carbocycles. The standard InChI is InChI=1S/C20H14FNS/c21-18-10-8-14(9-11-18)16-6-3-7-17(12-16)19-13-23-20(22-19)15-4-1-2-5-15/h1,3-13H,2H2. The lowest BCUT2D eigenvalue weighted by Crippen LogP contribution is -1.83. The highest BCUT2D eigenvalue weighted by Gasteiger charge is 2.09. The molecule has 4 rings (SSSR count). The van der Waals surface area contributed by atoms with Crippen LogP contribution in [0.2, 0.25) is 0 Å². The first-order chi connectivity index (χ1) is 11.3. The third-order valence-electron chi connectivity index (χ3n) is 3.86. The van der Waals surface area contributed by atoms with E-state index in [1.54, 1.807) is 23.5 Å². The van der Waals surface area contributed by atoms with Crippen molar-refractivity contribution in [1.82, 2.24) is 4.98 Å². The fourth-order valence-corrected chi connectivity index (χ4v) is 3.51. The Bertz CT molecular complexity index is 903. The fraction of sp³-hybridized carbons (Fsp3) is 0.0500. The summed E-state index contributed by atoms with van der Waals surface area (Å²) in [5.74, 6) is -0.216. The maximum absolute atomic E-state index is 13.1. The molecule has 1 nitrogen and oxygen atoms in total. The molecule has 1 heterocycles. The van der Waals surface area contributed by atoms with Crippen molar-refractivity contribution in [2.24, 2.45) is 0 Å². The number of hydrogen-bond donors (Lipinski definition) is 0. The lowest BCUT2D eigenvalue weighted by molar-refractivity contribution is 0.628. The monoisotopic (exact) mass is 319 g/mol. The van der Waals surface area contributed by atoms with Gasteiger partial charge in [-0.3, -0.25) is 0 Å². The Kier molecular flexibility index (Phi) is 3.64. The smallest absolute Gasteiger partial charge is 0.123 e. The van der Waals surface area contributed by atoms with Crippen LogP contribution in [-0.4, -0.2) is 4.98 Å². The quantitative estimate of drug-likeness (QED) is 0.580. The molecule has 1 aromatic heterocycles. The summed E-state index contributed by atoms with van der Waals surface area (Å²) in [7, 11) is 0. The molecular formula is C20H14FNS. The van der Waals surface area contributed by atoms with Crippen LogP contribution in [0.25, 0.3) is 28.0 Å². The minimum Gasteiger partial charge on any atom is -0.236 e. The zero-order chi connectivity index (χ0) is 15.6. The molecule has 0 unspecified atom stereocenters. The van der Waals surface area contributed by atoms with Gasteiger partial charge in [0.15, 0.2) is 0 Å². The lowest BCUT2D eigenvalue weighted by Gasteiger charge is -2.04. The molecule has 0 saturated heterocycles. The molecule has 3 heteroatoms. The first-order valence-corrected chi connectivity index (χ1v) is 8.36. The Labute approximate surface area is 138 Å². The lowest BCUT2D eigenvalue weighted by atomic mass is 10.0. The third kappa shape index (κ3) is 2.88. The molecule has 0 radical (unpaired) electrons. The molecule has 0 amide bonds. The second-order valence-corrected chi connectivity index (χ2v) is 6.28. The Balaban J connectivity index is 1.68. The molecule has 0 fully saturated rings. The van der Waals surface area contributed by atoms with Gasteiger partial charge in [-0.2, -0.15) is 0 Å². The number of thiazole rings is 1. The van der Waals surface area contributed by atoms with Gasteiger partial charge in [0.25, 0.3) is 0 Å². The molecular weight excluding hydrogens is 305 g/mol.